The third-order valence-corrected chi connectivity index (χ3v) is 6.82. The van der Waals surface area contributed by atoms with Gasteiger partial charge in [-0.3, -0.25) is 9.59 Å². The van der Waals surface area contributed by atoms with Gasteiger partial charge in [0.15, 0.2) is 0 Å². The van der Waals surface area contributed by atoms with Crippen molar-refractivity contribution in [2.45, 2.75) is 58.3 Å². The molecule has 4 saturated carbocycles. The first-order chi connectivity index (χ1) is 12.5. The first-order valence-electron chi connectivity index (χ1n) is 10.2. The van der Waals surface area contributed by atoms with Crippen LogP contribution in [0.4, 0.5) is 5.69 Å². The lowest BCUT2D eigenvalue weighted by molar-refractivity contribution is -0.131. The van der Waals surface area contributed by atoms with Gasteiger partial charge in [0.2, 0.25) is 11.8 Å². The molecule has 0 aliphatic heterocycles. The molecule has 140 valence electrons. The van der Waals surface area contributed by atoms with E-state index in [1.165, 1.54) is 38.5 Å². The predicted molar refractivity (Wildman–Crippen MR) is 103 cm³/mol. The van der Waals surface area contributed by atoms with Crippen LogP contribution in [0.2, 0.25) is 0 Å². The Bertz CT molecular complexity index is 662. The molecular formula is C22H30N2O2. The first kappa shape index (κ1) is 17.6. The van der Waals surface area contributed by atoms with Crippen LogP contribution in [-0.4, -0.2) is 18.4 Å². The van der Waals surface area contributed by atoms with E-state index in [1.807, 2.05) is 24.3 Å². The van der Waals surface area contributed by atoms with E-state index in [1.54, 1.807) is 0 Å². The lowest BCUT2D eigenvalue weighted by atomic mass is 9.49. The Morgan fingerprint density at radius 1 is 1.00 bits per heavy atom. The van der Waals surface area contributed by atoms with Crippen LogP contribution in [0.15, 0.2) is 24.3 Å². The molecule has 4 nitrogen and oxygen atoms in total. The van der Waals surface area contributed by atoms with E-state index in [9.17, 15) is 9.59 Å². The van der Waals surface area contributed by atoms with Gasteiger partial charge in [-0.2, -0.15) is 0 Å². The molecule has 4 aliphatic carbocycles. The SMILES string of the molecule is CCc1ccccc1NC(=O)CNC(=O)CC12CC3CC(CC(C3)C1)C2. The van der Waals surface area contributed by atoms with Crippen molar-refractivity contribution >= 4 is 17.5 Å². The summed E-state index contributed by atoms with van der Waals surface area (Å²) in [6.07, 6.45) is 9.32. The van der Waals surface area contributed by atoms with Crippen LogP contribution >= 0.6 is 0 Å². The van der Waals surface area contributed by atoms with Crippen molar-refractivity contribution in [3.05, 3.63) is 29.8 Å². The van der Waals surface area contributed by atoms with Crippen molar-refractivity contribution in [1.29, 1.82) is 0 Å². The summed E-state index contributed by atoms with van der Waals surface area (Å²) in [5.74, 6) is 2.45. The molecule has 4 heteroatoms. The van der Waals surface area contributed by atoms with Crippen molar-refractivity contribution in [1.82, 2.24) is 5.32 Å². The van der Waals surface area contributed by atoms with Gasteiger partial charge in [-0.15, -0.1) is 0 Å². The summed E-state index contributed by atoms with van der Waals surface area (Å²) in [6.45, 7) is 2.13. The number of hydrogen-bond acceptors (Lipinski definition) is 2. The number of anilines is 1. The second kappa shape index (κ2) is 7.05. The minimum Gasteiger partial charge on any atom is -0.347 e. The highest BCUT2D eigenvalue weighted by Crippen LogP contribution is 2.61. The number of carbonyl (C=O) groups is 2. The van der Waals surface area contributed by atoms with E-state index >= 15 is 0 Å². The van der Waals surface area contributed by atoms with Crippen molar-refractivity contribution in [2.24, 2.45) is 23.2 Å². The fourth-order valence-corrected chi connectivity index (χ4v) is 6.23. The molecule has 0 radical (unpaired) electrons. The van der Waals surface area contributed by atoms with Gasteiger partial charge in [0.05, 0.1) is 6.54 Å². The molecule has 2 N–H and O–H groups in total. The quantitative estimate of drug-likeness (QED) is 0.814. The molecule has 0 aromatic heterocycles. The molecule has 2 amide bonds. The van der Waals surface area contributed by atoms with Crippen LogP contribution in [-0.2, 0) is 16.0 Å². The monoisotopic (exact) mass is 354 g/mol. The Morgan fingerprint density at radius 3 is 2.23 bits per heavy atom. The molecule has 0 saturated heterocycles. The Morgan fingerprint density at radius 2 is 1.62 bits per heavy atom. The van der Waals surface area contributed by atoms with Gasteiger partial charge in [0.1, 0.15) is 0 Å². The van der Waals surface area contributed by atoms with Crippen molar-refractivity contribution < 1.29 is 9.59 Å². The van der Waals surface area contributed by atoms with Crippen molar-refractivity contribution in [3.8, 4) is 0 Å². The van der Waals surface area contributed by atoms with E-state index < -0.39 is 0 Å². The van der Waals surface area contributed by atoms with E-state index in [-0.39, 0.29) is 23.8 Å². The number of aryl methyl sites for hydroxylation is 1. The second-order valence-electron chi connectivity index (χ2n) is 8.93. The summed E-state index contributed by atoms with van der Waals surface area (Å²) in [4.78, 5) is 24.7. The average Bonchev–Trinajstić information content (AvgIpc) is 2.59. The smallest absolute Gasteiger partial charge is 0.243 e. The van der Waals surface area contributed by atoms with Crippen molar-refractivity contribution in [2.75, 3.05) is 11.9 Å². The molecule has 4 aliphatic rings. The lowest BCUT2D eigenvalue weighted by Crippen LogP contribution is -2.48. The standard InChI is InChI=1S/C22H30N2O2/c1-2-18-5-3-4-6-19(18)24-21(26)14-23-20(25)13-22-10-15-7-16(11-22)9-17(8-15)12-22/h3-6,15-17H,2,7-14H2,1H3,(H,23,25)(H,24,26). The molecule has 1 aromatic rings. The molecule has 5 rings (SSSR count). The molecule has 1 aromatic carbocycles. The number of hydrogen-bond donors (Lipinski definition) is 2. The number of para-hydroxylation sites is 1. The molecule has 4 bridgehead atoms. The van der Waals surface area contributed by atoms with E-state index in [4.69, 9.17) is 0 Å². The van der Waals surface area contributed by atoms with Crippen LogP contribution in [0, 0.1) is 23.2 Å². The molecule has 0 spiro atoms. The fourth-order valence-electron chi connectivity index (χ4n) is 6.23. The van der Waals surface area contributed by atoms with E-state index in [0.29, 0.717) is 6.42 Å². The zero-order chi connectivity index (χ0) is 18.1. The van der Waals surface area contributed by atoms with Crippen LogP contribution in [0.1, 0.15) is 57.4 Å². The Hall–Kier alpha value is -1.84. The maximum absolute atomic E-state index is 12.5. The normalized spacial score (nSPS) is 31.7. The van der Waals surface area contributed by atoms with Crippen molar-refractivity contribution in [3.63, 3.8) is 0 Å². The summed E-state index contributed by atoms with van der Waals surface area (Å²) < 4.78 is 0. The highest BCUT2D eigenvalue weighted by Gasteiger charge is 2.51. The minimum absolute atomic E-state index is 0.0471. The van der Waals surface area contributed by atoms with E-state index in [0.717, 1.165) is 35.4 Å². The topological polar surface area (TPSA) is 58.2 Å². The molecule has 4 fully saturated rings. The van der Waals surface area contributed by atoms with Crippen LogP contribution in [0.5, 0.6) is 0 Å². The zero-order valence-electron chi connectivity index (χ0n) is 15.7. The van der Waals surface area contributed by atoms with Crippen LogP contribution in [0.3, 0.4) is 0 Å². The Kier molecular flexibility index (Phi) is 4.76. The largest absolute Gasteiger partial charge is 0.347 e. The molecular weight excluding hydrogens is 324 g/mol. The van der Waals surface area contributed by atoms with Gasteiger partial charge in [-0.1, -0.05) is 25.1 Å². The van der Waals surface area contributed by atoms with Gasteiger partial charge in [0.25, 0.3) is 0 Å². The Balaban J connectivity index is 1.28. The van der Waals surface area contributed by atoms with Gasteiger partial charge >= 0.3 is 0 Å². The van der Waals surface area contributed by atoms with Gasteiger partial charge in [0, 0.05) is 12.1 Å². The number of nitrogens with one attached hydrogen (secondary N) is 2. The zero-order valence-corrected chi connectivity index (χ0v) is 15.7. The Labute approximate surface area is 156 Å². The third kappa shape index (κ3) is 3.65. The third-order valence-electron chi connectivity index (χ3n) is 6.82. The summed E-state index contributed by atoms with van der Waals surface area (Å²) >= 11 is 0. The van der Waals surface area contributed by atoms with Crippen LogP contribution in [0.25, 0.3) is 0 Å². The summed E-state index contributed by atoms with van der Waals surface area (Å²) in [6, 6.07) is 7.82. The minimum atomic E-state index is -0.148. The number of benzene rings is 1. The highest BCUT2D eigenvalue weighted by atomic mass is 16.2. The predicted octanol–water partition coefficient (Wildman–Crippen LogP) is 3.91. The highest BCUT2D eigenvalue weighted by molar-refractivity contribution is 5.95. The molecule has 26 heavy (non-hydrogen) atoms. The van der Waals surface area contributed by atoms with Gasteiger partial charge < -0.3 is 10.6 Å². The maximum atomic E-state index is 12.5. The molecule has 0 unspecified atom stereocenters. The lowest BCUT2D eigenvalue weighted by Gasteiger charge is -2.56. The van der Waals surface area contributed by atoms with Crippen LogP contribution < -0.4 is 10.6 Å². The maximum Gasteiger partial charge on any atom is 0.243 e. The average molecular weight is 354 g/mol. The van der Waals surface area contributed by atoms with Gasteiger partial charge in [-0.25, -0.2) is 0 Å². The number of rotatable bonds is 6. The van der Waals surface area contributed by atoms with Gasteiger partial charge in [-0.05, 0) is 79.7 Å². The number of amides is 2. The first-order valence-corrected chi connectivity index (χ1v) is 10.2. The molecule has 0 atom stereocenters. The summed E-state index contributed by atoms with van der Waals surface area (Å²) in [7, 11) is 0. The number of carbonyl (C=O) groups excluding carboxylic acids is 2. The summed E-state index contributed by atoms with van der Waals surface area (Å²) in [5, 5.41) is 5.79. The van der Waals surface area contributed by atoms with E-state index in [2.05, 4.69) is 17.6 Å². The second-order valence-corrected chi connectivity index (χ2v) is 8.93. The molecule has 0 heterocycles. The summed E-state index contributed by atoms with van der Waals surface area (Å²) in [5.41, 5.74) is 2.18. The fraction of sp³-hybridized carbons (Fsp3) is 0.636.